The topological polar surface area (TPSA) is 193 Å². The first-order valence-corrected chi connectivity index (χ1v) is 13.5. The summed E-state index contributed by atoms with van der Waals surface area (Å²) in [5.74, 6) is -5.86. The van der Waals surface area contributed by atoms with Crippen LogP contribution >= 0.6 is 0 Å². The first-order valence-electron chi connectivity index (χ1n) is 13.5. The molecule has 1 saturated heterocycles. The second-order valence-electron chi connectivity index (χ2n) is 10.5. The van der Waals surface area contributed by atoms with E-state index < -0.39 is 73.3 Å². The lowest BCUT2D eigenvalue weighted by molar-refractivity contribution is -0.172. The number of amides is 3. The third-order valence-electron chi connectivity index (χ3n) is 6.62. The third kappa shape index (κ3) is 8.14. The number of carbonyl (C=O) groups excluding carboxylic acids is 4. The van der Waals surface area contributed by atoms with Crippen molar-refractivity contribution in [1.29, 1.82) is 0 Å². The molecule has 13 nitrogen and oxygen atoms in total. The number of hydrogen-bond donors (Lipinski definition) is 5. The maximum atomic E-state index is 13.4. The molecule has 2 heterocycles. The van der Waals surface area contributed by atoms with E-state index in [1.54, 1.807) is 12.1 Å². The molecule has 0 bridgehead atoms. The van der Waals surface area contributed by atoms with Crippen molar-refractivity contribution in [3.63, 3.8) is 0 Å². The fourth-order valence-corrected chi connectivity index (χ4v) is 4.48. The van der Waals surface area contributed by atoms with E-state index in [4.69, 9.17) is 9.31 Å². The predicted molar refractivity (Wildman–Crippen MR) is 151 cm³/mol. The molecule has 5 N–H and O–H groups in total. The van der Waals surface area contributed by atoms with Crippen LogP contribution in [0.3, 0.4) is 0 Å². The summed E-state index contributed by atoms with van der Waals surface area (Å²) in [6.45, 7) is 4.95. The number of hydrogen-bond acceptors (Lipinski definition) is 9. The summed E-state index contributed by atoms with van der Waals surface area (Å²) < 4.78 is 11.0. The van der Waals surface area contributed by atoms with Crippen LogP contribution in [0, 0.1) is 5.92 Å². The number of aliphatic hydroxyl groups excluding tert-OH is 1. The predicted octanol–water partition coefficient (Wildman–Crippen LogP) is 0.709. The van der Waals surface area contributed by atoms with Crippen LogP contribution in [0.1, 0.15) is 50.5 Å². The summed E-state index contributed by atoms with van der Waals surface area (Å²) in [4.78, 5) is 67.6. The lowest BCUT2D eigenvalue weighted by atomic mass is 9.70. The van der Waals surface area contributed by atoms with E-state index in [1.807, 2.05) is 44.2 Å². The number of carboxylic acids is 1. The molecular weight excluding hydrogens is 547 g/mol. The maximum absolute atomic E-state index is 13.4. The van der Waals surface area contributed by atoms with Crippen molar-refractivity contribution in [2.75, 3.05) is 7.05 Å². The van der Waals surface area contributed by atoms with Gasteiger partial charge in [0, 0.05) is 12.6 Å². The highest BCUT2D eigenvalue weighted by Crippen LogP contribution is 2.30. The molecule has 1 aliphatic heterocycles. The van der Waals surface area contributed by atoms with Gasteiger partial charge in [-0.2, -0.15) is 0 Å². The molecule has 1 fully saturated rings. The first kappa shape index (κ1) is 32.2. The maximum Gasteiger partial charge on any atom is 0.552 e. The minimum Gasteiger partial charge on any atom is -0.508 e. The van der Waals surface area contributed by atoms with Crippen molar-refractivity contribution >= 4 is 36.8 Å². The average molecular weight is 582 g/mol. The molecule has 1 aromatic carbocycles. The summed E-state index contributed by atoms with van der Waals surface area (Å²) >= 11 is 0. The zero-order valence-electron chi connectivity index (χ0n) is 23.8. The van der Waals surface area contributed by atoms with Crippen molar-refractivity contribution in [2.24, 2.45) is 5.92 Å². The minimum atomic E-state index is -2.21. The number of nitrogens with zero attached hydrogens (tertiary/aromatic N) is 1. The van der Waals surface area contributed by atoms with E-state index in [0.717, 1.165) is 5.56 Å². The van der Waals surface area contributed by atoms with Gasteiger partial charge in [0.05, 0.1) is 30.6 Å². The molecule has 1 aromatic heterocycles. The average Bonchev–Trinajstić information content (AvgIpc) is 2.95. The Balaban J connectivity index is 1.82. The van der Waals surface area contributed by atoms with Crippen molar-refractivity contribution in [3.8, 4) is 11.3 Å². The third-order valence-corrected chi connectivity index (χ3v) is 6.62. The molecule has 224 valence electrons. The largest absolute Gasteiger partial charge is 0.552 e. The fraction of sp³-hybridized carbons (Fsp3) is 0.429. The molecule has 4 atom stereocenters. The van der Waals surface area contributed by atoms with E-state index in [0.29, 0.717) is 5.69 Å². The molecule has 3 rings (SSSR count). The Morgan fingerprint density at radius 1 is 1.05 bits per heavy atom. The van der Waals surface area contributed by atoms with E-state index in [9.17, 15) is 34.2 Å². The van der Waals surface area contributed by atoms with Crippen LogP contribution in [0.4, 0.5) is 0 Å². The quantitative estimate of drug-likeness (QED) is 0.223. The Morgan fingerprint density at radius 2 is 1.74 bits per heavy atom. The summed E-state index contributed by atoms with van der Waals surface area (Å²) in [6.07, 6.45) is -2.56. The number of carbonyl (C=O) groups is 5. The van der Waals surface area contributed by atoms with Crippen LogP contribution in [-0.2, 0) is 28.5 Å². The summed E-state index contributed by atoms with van der Waals surface area (Å²) in [7, 11) is -0.246. The number of carboxylic acid groups (broad SMARTS) is 1. The lowest BCUT2D eigenvalue weighted by Crippen LogP contribution is -2.63. The smallest absolute Gasteiger partial charge is 0.508 e. The molecular formula is C28H35BN4O9. The number of aromatic nitrogens is 1. The van der Waals surface area contributed by atoms with Crippen LogP contribution < -0.4 is 16.0 Å². The van der Waals surface area contributed by atoms with E-state index in [2.05, 4.69) is 20.9 Å². The highest BCUT2D eigenvalue weighted by molar-refractivity contribution is 6.50. The Bertz CT molecular complexity index is 1310. The molecule has 0 saturated carbocycles. The molecule has 0 aliphatic carbocycles. The summed E-state index contributed by atoms with van der Waals surface area (Å²) in [5.41, 5.74) is -0.885. The number of benzene rings is 1. The van der Waals surface area contributed by atoms with Gasteiger partial charge in [-0.15, -0.1) is 0 Å². The molecule has 14 heteroatoms. The number of aliphatic hydroxyl groups is 1. The van der Waals surface area contributed by atoms with Crippen LogP contribution in [0.5, 0.6) is 0 Å². The van der Waals surface area contributed by atoms with Gasteiger partial charge in [-0.05, 0) is 31.4 Å². The standard InChI is InChI=1S/C28H35BN4O9/c1-16(2)13-21(29-41-23(36)15-28(42-29,27(39)40)14-22(35)30-4)32-26(38)24(17(3)34)33-25(37)20-12-8-11-19(31-20)18-9-6-5-7-10-18/h5-12,16-17,21,24,34H,13-15H2,1-4H3,(H,30,35)(H,32,38)(H,33,37)(H,39,40)/t17-,21+,24?,28+/m1/s1. The van der Waals surface area contributed by atoms with Gasteiger partial charge in [-0.25, -0.2) is 9.78 Å². The highest BCUT2D eigenvalue weighted by Gasteiger charge is 2.54. The van der Waals surface area contributed by atoms with Gasteiger partial charge in [-0.3, -0.25) is 19.2 Å². The van der Waals surface area contributed by atoms with Gasteiger partial charge in [-0.1, -0.05) is 50.2 Å². The molecule has 42 heavy (non-hydrogen) atoms. The van der Waals surface area contributed by atoms with Gasteiger partial charge in [0.1, 0.15) is 11.7 Å². The highest BCUT2D eigenvalue weighted by atomic mass is 16.6. The van der Waals surface area contributed by atoms with Crippen LogP contribution in [0.2, 0.25) is 0 Å². The molecule has 3 amide bonds. The number of nitrogens with one attached hydrogen (secondary N) is 3. The molecule has 2 aromatic rings. The van der Waals surface area contributed by atoms with Gasteiger partial charge in [0.15, 0.2) is 5.60 Å². The number of aliphatic carboxylic acids is 1. The van der Waals surface area contributed by atoms with E-state index in [1.165, 1.54) is 20.0 Å². The van der Waals surface area contributed by atoms with Gasteiger partial charge in [0.25, 0.3) is 11.9 Å². The van der Waals surface area contributed by atoms with Crippen molar-refractivity contribution < 1.29 is 43.5 Å². The van der Waals surface area contributed by atoms with Crippen LogP contribution in [-0.4, -0.2) is 82.7 Å². The monoisotopic (exact) mass is 582 g/mol. The van der Waals surface area contributed by atoms with Gasteiger partial charge < -0.3 is 35.5 Å². The Morgan fingerprint density at radius 3 is 2.33 bits per heavy atom. The zero-order valence-corrected chi connectivity index (χ0v) is 23.8. The van der Waals surface area contributed by atoms with Gasteiger partial charge in [0.2, 0.25) is 11.8 Å². The molecule has 0 spiro atoms. The zero-order chi connectivity index (χ0) is 31.0. The van der Waals surface area contributed by atoms with E-state index >= 15 is 0 Å². The van der Waals surface area contributed by atoms with Crippen LogP contribution in [0.15, 0.2) is 48.5 Å². The SMILES string of the molecule is CNC(=O)C[C@@]1(C(=O)O)CC(=O)OB([C@H](CC(C)C)NC(=O)C(NC(=O)c2cccc(-c3ccccc3)n2)[C@@H](C)O)O1. The van der Waals surface area contributed by atoms with Crippen LogP contribution in [0.25, 0.3) is 11.3 Å². The number of pyridine rings is 1. The second kappa shape index (κ2) is 14.1. The minimum absolute atomic E-state index is 0.0125. The normalized spacial score (nSPS) is 18.8. The Hall–Kier alpha value is -4.30. The van der Waals surface area contributed by atoms with E-state index in [-0.39, 0.29) is 18.0 Å². The van der Waals surface area contributed by atoms with Crippen molar-refractivity contribution in [3.05, 3.63) is 54.2 Å². The Labute approximate surface area is 243 Å². The molecule has 1 unspecified atom stereocenters. The number of rotatable bonds is 12. The van der Waals surface area contributed by atoms with Crippen molar-refractivity contribution in [1.82, 2.24) is 20.9 Å². The second-order valence-corrected chi connectivity index (χ2v) is 10.5. The molecule has 0 radical (unpaired) electrons. The molecule has 1 aliphatic rings. The first-order chi connectivity index (χ1) is 19.8. The Kier molecular flexibility index (Phi) is 10.8. The van der Waals surface area contributed by atoms with Gasteiger partial charge >= 0.3 is 13.1 Å². The fourth-order valence-electron chi connectivity index (χ4n) is 4.48. The summed E-state index contributed by atoms with van der Waals surface area (Å²) in [5, 5.41) is 27.7. The lowest BCUT2D eigenvalue weighted by Gasteiger charge is -2.38. The summed E-state index contributed by atoms with van der Waals surface area (Å²) in [6, 6.07) is 12.6. The van der Waals surface area contributed by atoms with Crippen molar-refractivity contribution in [2.45, 2.75) is 63.7 Å².